The first kappa shape index (κ1) is 59.8. The maximum Gasteiger partial charge on any atom is 0.397 e. The summed E-state index contributed by atoms with van der Waals surface area (Å²) in [6.45, 7) is 0.444. The molecule has 1 aromatic heterocycles. The van der Waals surface area contributed by atoms with Crippen LogP contribution in [0.3, 0.4) is 0 Å². The van der Waals surface area contributed by atoms with Gasteiger partial charge in [0.1, 0.15) is 37.5 Å². The largest absolute Gasteiger partial charge is 0.505 e. The van der Waals surface area contributed by atoms with Crippen molar-refractivity contribution in [1.29, 1.82) is 0 Å². The normalized spacial score (nSPS) is 15.7. The van der Waals surface area contributed by atoms with Crippen molar-refractivity contribution < 1.29 is 100 Å². The second-order valence-corrected chi connectivity index (χ2v) is 27.0. The van der Waals surface area contributed by atoms with E-state index < -0.39 is 159 Å². The van der Waals surface area contributed by atoms with Crippen LogP contribution in [-0.2, 0) is 81.4 Å². The number of hydrogen-bond acceptors (Lipinski definition) is 26. The van der Waals surface area contributed by atoms with Crippen molar-refractivity contribution in [3.63, 3.8) is 0 Å². The Morgan fingerprint density at radius 3 is 1.91 bits per heavy atom. The molecule has 79 heavy (non-hydrogen) atoms. The quantitative estimate of drug-likeness (QED) is 0.0375. The molecule has 1 unspecified atom stereocenters. The molecule has 40 heteroatoms. The van der Waals surface area contributed by atoms with Gasteiger partial charge in [-0.3, -0.25) is 27.3 Å². The predicted molar refractivity (Wildman–Crippen MR) is 272 cm³/mol. The van der Waals surface area contributed by atoms with Gasteiger partial charge >= 0.3 is 10.4 Å². The summed E-state index contributed by atoms with van der Waals surface area (Å²) in [7, 11) is -34.5. The molecule has 0 fully saturated rings. The number of nitrogens with one attached hydrogen (secondary N) is 2. The number of sulfone groups is 1. The third-order valence-electron chi connectivity index (χ3n) is 10.9. The summed E-state index contributed by atoms with van der Waals surface area (Å²) in [6, 6.07) is 10.1. The Balaban J connectivity index is 1.21. The van der Waals surface area contributed by atoms with Crippen LogP contribution in [0.1, 0.15) is 16.7 Å². The summed E-state index contributed by atoms with van der Waals surface area (Å²) < 4.78 is 241. The Morgan fingerprint density at radius 1 is 0.671 bits per heavy atom. The highest BCUT2D eigenvalue weighted by atomic mass is 35.5. The number of benzene rings is 5. The smallest absolute Gasteiger partial charge is 0.397 e. The number of rotatable bonds is 19. The molecule has 6 aromatic rings. The van der Waals surface area contributed by atoms with Crippen LogP contribution in [0.5, 0.6) is 11.5 Å². The zero-order valence-electron chi connectivity index (χ0n) is 39.2. The molecule has 0 aliphatic heterocycles. The minimum atomic E-state index is -5.41. The van der Waals surface area contributed by atoms with Crippen molar-refractivity contribution in [1.82, 2.24) is 15.0 Å². The lowest BCUT2D eigenvalue weighted by molar-refractivity contribution is 0.283. The van der Waals surface area contributed by atoms with E-state index in [0.717, 1.165) is 37.5 Å². The van der Waals surface area contributed by atoms with Gasteiger partial charge in [-0.15, -0.1) is 15.3 Å². The summed E-state index contributed by atoms with van der Waals surface area (Å²) in [5, 5.41) is 30.4. The summed E-state index contributed by atoms with van der Waals surface area (Å²) >= 11 is 6.11. The molecule has 0 radical (unpaired) electrons. The van der Waals surface area contributed by atoms with E-state index in [0.29, 0.717) is 30.3 Å². The van der Waals surface area contributed by atoms with Gasteiger partial charge in [-0.05, 0) is 95.7 Å². The number of azo groups is 2. The van der Waals surface area contributed by atoms with Crippen LogP contribution in [0.15, 0.2) is 118 Å². The second kappa shape index (κ2) is 21.3. The first-order valence-corrected chi connectivity index (χ1v) is 31.4. The number of anilines is 3. The maximum absolute atomic E-state index is 13.2. The molecule has 1 aliphatic carbocycles. The van der Waals surface area contributed by atoms with Crippen molar-refractivity contribution in [3.8, 4) is 11.5 Å². The third kappa shape index (κ3) is 13.6. The van der Waals surface area contributed by atoms with E-state index in [1.54, 1.807) is 0 Å². The maximum atomic E-state index is 13.2. The molecule has 1 aliphatic rings. The Hall–Kier alpha value is -6.83. The number of methoxy groups -OCH3 is 1. The number of nitrogens with zero attached hydrogens (tertiary/aromatic N) is 7. The van der Waals surface area contributed by atoms with E-state index in [-0.39, 0.29) is 44.4 Å². The van der Waals surface area contributed by atoms with Gasteiger partial charge in [0, 0.05) is 29.1 Å². The average Bonchev–Trinajstić information content (AvgIpc) is 3.42. The minimum Gasteiger partial charge on any atom is -0.505 e. The highest BCUT2D eigenvalue weighted by molar-refractivity contribution is 7.91. The van der Waals surface area contributed by atoms with Gasteiger partial charge in [-0.25, -0.2) is 12.6 Å². The Kier molecular flexibility index (Phi) is 16.2. The fourth-order valence-electron chi connectivity index (χ4n) is 7.32. The molecule has 1 heterocycles. The van der Waals surface area contributed by atoms with Gasteiger partial charge in [-0.1, -0.05) is 12.1 Å². The number of hydrogen-bond donors (Lipinski definition) is 9. The van der Waals surface area contributed by atoms with Crippen molar-refractivity contribution in [2.75, 3.05) is 30.1 Å². The second-order valence-electron chi connectivity index (χ2n) is 16.2. The van der Waals surface area contributed by atoms with E-state index in [1.165, 1.54) is 25.1 Å². The highest BCUT2D eigenvalue weighted by Crippen LogP contribution is 2.46. The first-order chi connectivity index (χ1) is 36.3. The van der Waals surface area contributed by atoms with Gasteiger partial charge in [-0.2, -0.15) is 70.6 Å². The molecule has 9 N–H and O–H groups in total. The molecule has 1 atom stereocenters. The fraction of sp³-hybridized carbons (Fsp3) is 0.154. The van der Waals surface area contributed by atoms with Crippen LogP contribution in [0.25, 0.3) is 16.8 Å². The summed E-state index contributed by atoms with van der Waals surface area (Å²) in [4.78, 5) is 4.22. The molecular formula is C39H34ClN9O23S7. The monoisotopic (exact) mass is 1250 g/mol. The zero-order valence-corrected chi connectivity index (χ0v) is 45.6. The number of halogens is 1. The Morgan fingerprint density at radius 2 is 1.30 bits per heavy atom. The number of aromatic hydroxyl groups is 1. The van der Waals surface area contributed by atoms with E-state index >= 15 is 0 Å². The number of fused-ring (bicyclic) bond motifs is 2. The molecule has 422 valence electrons. The molecule has 0 bridgehead atoms. The van der Waals surface area contributed by atoms with Crippen molar-refractivity contribution in [2.45, 2.75) is 42.7 Å². The number of phenolic OH excluding ortho intramolecular Hbond substituents is 1. The summed E-state index contributed by atoms with van der Waals surface area (Å²) in [5.41, 5.74) is -2.70. The van der Waals surface area contributed by atoms with E-state index in [9.17, 15) is 86.8 Å². The first-order valence-electron chi connectivity index (χ1n) is 20.8. The Bertz CT molecular complexity index is 4490. The van der Waals surface area contributed by atoms with Crippen molar-refractivity contribution in [2.24, 2.45) is 20.5 Å². The summed E-state index contributed by atoms with van der Waals surface area (Å²) in [5.74, 6) is -3.27. The van der Waals surface area contributed by atoms with Crippen LogP contribution >= 0.6 is 11.6 Å². The van der Waals surface area contributed by atoms with Crippen LogP contribution in [0.4, 0.5) is 40.3 Å². The Labute approximate surface area is 451 Å². The van der Waals surface area contributed by atoms with Crippen LogP contribution in [-0.4, -0.2) is 131 Å². The number of phenols is 1. The minimum absolute atomic E-state index is 0.0277. The van der Waals surface area contributed by atoms with Gasteiger partial charge < -0.3 is 20.5 Å². The van der Waals surface area contributed by atoms with Gasteiger partial charge in [0.25, 0.3) is 50.6 Å². The predicted octanol–water partition coefficient (Wildman–Crippen LogP) is 5.12. The van der Waals surface area contributed by atoms with Gasteiger partial charge in [0.05, 0.1) is 34.9 Å². The van der Waals surface area contributed by atoms with E-state index in [1.807, 2.05) is 0 Å². The average molecular weight is 1260 g/mol. The SMILES string of the molecule is COc1cc(N=Nc2cc3c(S(=O)(=O)O)cc(S(=O)(=O)O)cc3cc2S(=O)(=O)O)c(C)cc1N=Nc1c(S(=O)(=O)O)cc2c(c1O)C=CC(Nc1nc(Cl)nc(Nc3cccc(S(=O)(=O)CCOS(=O)(=O)O)c3)n1)(S(=O)(=O)O)C2. The molecule has 5 aromatic carbocycles. The fourth-order valence-corrected chi connectivity index (χ4v) is 12.5. The van der Waals surface area contributed by atoms with E-state index in [2.05, 4.69) is 50.2 Å². The third-order valence-corrected chi connectivity index (χ3v) is 18.0. The van der Waals surface area contributed by atoms with Crippen molar-refractivity contribution >= 4 is 140 Å². The lowest BCUT2D eigenvalue weighted by atomic mass is 9.92. The standard InChI is InChI=1S/C39H34ClN9O23S7/c1-19-10-28(30(71-2)17-27(19)46-48-29-16-26-20(12-32(29)76(59,60)61)11-24(74(53,54)55)15-31(26)75(56,57)58)47-49-34-33(77(62,63)64)13-21-18-39(78(65,66)67,7-6-25(21)35(34)50)45-38-43-36(40)42-37(44-38)41-22-4-3-5-23(14-22)73(51,52)9-8-72-79(68,69)70/h3-7,10-17,50H,8-9,18H2,1-2H3,(H,53,54,55)(H,56,57,58)(H,59,60,61)(H,62,63,64)(H,65,66,67)(H,68,69,70)(H2,41,42,43,44,45). The lowest BCUT2D eigenvalue weighted by Crippen LogP contribution is -2.48. The summed E-state index contributed by atoms with van der Waals surface area (Å²) in [6.07, 6.45) is 0.750. The zero-order chi connectivity index (χ0) is 58.6. The highest BCUT2D eigenvalue weighted by Gasteiger charge is 2.45. The molecule has 32 nitrogen and oxygen atoms in total. The van der Waals surface area contributed by atoms with E-state index in [4.69, 9.17) is 20.9 Å². The van der Waals surface area contributed by atoms with Gasteiger partial charge in [0.15, 0.2) is 20.5 Å². The van der Waals surface area contributed by atoms with Gasteiger partial charge in [0.2, 0.25) is 17.2 Å². The number of aryl methyl sites for hydroxylation is 1. The lowest BCUT2D eigenvalue weighted by Gasteiger charge is -2.32. The molecular weight excluding hydrogens is 1220 g/mol. The molecule has 7 rings (SSSR count). The molecule has 0 saturated heterocycles. The molecule has 0 amide bonds. The number of aromatic nitrogens is 3. The molecule has 0 saturated carbocycles. The molecule has 0 spiro atoms. The van der Waals surface area contributed by atoms with Crippen LogP contribution in [0, 0.1) is 6.92 Å². The van der Waals surface area contributed by atoms with Crippen LogP contribution in [0.2, 0.25) is 5.28 Å². The topological polar surface area (TPSA) is 511 Å². The number of ether oxygens (including phenoxy) is 1. The van der Waals surface area contributed by atoms with Crippen LogP contribution < -0.4 is 15.4 Å². The van der Waals surface area contributed by atoms with Crippen molar-refractivity contribution in [3.05, 3.63) is 94.8 Å².